The summed E-state index contributed by atoms with van der Waals surface area (Å²) in [6, 6.07) is 2.64. The monoisotopic (exact) mass is 1010 g/mol. The van der Waals surface area contributed by atoms with Gasteiger partial charge >= 0.3 is 5.97 Å². The number of carbonyl (C=O) groups is 4. The molecule has 2 amide bonds. The van der Waals surface area contributed by atoms with Crippen molar-refractivity contribution < 1.29 is 52.8 Å². The number of aliphatic imine (C=N–C) groups is 1. The molecule has 2 bridgehead atoms. The van der Waals surface area contributed by atoms with E-state index in [0.29, 0.717) is 60.0 Å². The molecule has 4 heterocycles. The van der Waals surface area contributed by atoms with Crippen molar-refractivity contribution in [3.63, 3.8) is 0 Å². The largest absolute Gasteiger partial charge is 0.457 e. The van der Waals surface area contributed by atoms with Gasteiger partial charge in [0.15, 0.2) is 18.7 Å². The minimum Gasteiger partial charge on any atom is -0.457 e. The van der Waals surface area contributed by atoms with Gasteiger partial charge < -0.3 is 45.2 Å². The Kier molecular flexibility index (Phi) is 19.8. The molecule has 0 spiro atoms. The lowest BCUT2D eigenvalue weighted by molar-refractivity contribution is -0.287. The van der Waals surface area contributed by atoms with E-state index in [1.165, 1.54) is 18.3 Å². The third-order valence-electron chi connectivity index (χ3n) is 14.9. The normalized spacial score (nSPS) is 35.1. The lowest BCUT2D eigenvalue weighted by Crippen LogP contribution is -2.59. The Hall–Kier alpha value is -4.11. The minimum absolute atomic E-state index is 0.000822. The zero-order valence-corrected chi connectivity index (χ0v) is 44.9. The van der Waals surface area contributed by atoms with E-state index in [2.05, 4.69) is 15.3 Å². The Balaban J connectivity index is 1.57. The molecule has 17 nitrogen and oxygen atoms in total. The van der Waals surface area contributed by atoms with Gasteiger partial charge in [0.1, 0.15) is 28.6 Å². The number of Topliss-reactive ketones (excluding diaryl/α,β-unsaturated/α-hetero) is 1. The molecule has 14 atom stereocenters. The van der Waals surface area contributed by atoms with Crippen LogP contribution in [0, 0.1) is 35.0 Å². The number of nitrogens with one attached hydrogen (secondary N) is 1. The van der Waals surface area contributed by atoms with Gasteiger partial charge in [-0.2, -0.15) is 0 Å². The maximum Gasteiger partial charge on any atom is 0.351 e. The molecule has 2 aromatic rings. The van der Waals surface area contributed by atoms with Crippen molar-refractivity contribution in [3.8, 4) is 10.6 Å². The first-order chi connectivity index (χ1) is 33.2. The van der Waals surface area contributed by atoms with Gasteiger partial charge in [-0.25, -0.2) is 19.2 Å². The second-order valence-electron chi connectivity index (χ2n) is 21.5. The fourth-order valence-electron chi connectivity index (χ4n) is 10.8. The summed E-state index contributed by atoms with van der Waals surface area (Å²) in [7, 11) is 3.69. The summed E-state index contributed by atoms with van der Waals surface area (Å²) in [6.07, 6.45) is -0.842. The van der Waals surface area contributed by atoms with Crippen molar-refractivity contribution in [2.75, 3.05) is 19.4 Å². The van der Waals surface area contributed by atoms with Crippen molar-refractivity contribution in [1.82, 2.24) is 14.9 Å². The molecular weight excluding hydrogens is 934 g/mol. The van der Waals surface area contributed by atoms with Crippen molar-refractivity contribution in [2.45, 2.75) is 195 Å². The highest BCUT2D eigenvalue weighted by molar-refractivity contribution is 7.13. The number of esters is 1. The molecule has 71 heavy (non-hydrogen) atoms. The number of aliphatic hydroxyl groups is 2. The van der Waals surface area contributed by atoms with Crippen molar-refractivity contribution in [1.29, 1.82) is 0 Å². The second kappa shape index (κ2) is 24.3. The van der Waals surface area contributed by atoms with Crippen LogP contribution in [0.1, 0.15) is 140 Å². The van der Waals surface area contributed by atoms with Gasteiger partial charge in [-0.05, 0) is 122 Å². The smallest absolute Gasteiger partial charge is 0.351 e. The van der Waals surface area contributed by atoms with Gasteiger partial charge in [-0.3, -0.25) is 19.4 Å². The number of cyclic esters (lactones) is 1. The molecule has 2 aliphatic heterocycles. The van der Waals surface area contributed by atoms with Crippen molar-refractivity contribution >= 4 is 52.1 Å². The molecule has 3 aliphatic rings. The number of oxime groups is 1. The number of nitrogens with zero attached hydrogens (tertiary/aromatic N) is 5. The Morgan fingerprint density at radius 1 is 1.10 bits per heavy atom. The van der Waals surface area contributed by atoms with Gasteiger partial charge in [-0.15, -0.1) is 11.3 Å². The van der Waals surface area contributed by atoms with E-state index in [9.17, 15) is 29.4 Å². The number of ether oxygens (including phenoxy) is 3. The summed E-state index contributed by atoms with van der Waals surface area (Å²) in [4.78, 5) is 76.4. The SMILES string of the molecule is CCC(=O)N=C1[C@H](C)C[C@@]2(C)CC/C(=N/OCc3ccc(-c4nc(NC(=O)[C@@H](N)CC(C)C)cs4)cn3)CC[C@H]([C@H]1C)[C@](C)(O)[C@@H](CC)OC(=O)[C@@](C)(F)C(=O)[C@H](C)[C@H]2O[C@@H]1O[C@H](C)C[C@H](N(C)C)[C@H]1O. The molecular formula is C52H80FN7O10S. The summed E-state index contributed by atoms with van der Waals surface area (Å²) < 4.78 is 36.1. The molecule has 0 unspecified atom stereocenters. The third kappa shape index (κ3) is 13.9. The van der Waals surface area contributed by atoms with Gasteiger partial charge in [0.05, 0.1) is 29.7 Å². The van der Waals surface area contributed by atoms with Crippen LogP contribution in [0.25, 0.3) is 10.6 Å². The van der Waals surface area contributed by atoms with Crippen molar-refractivity contribution in [3.05, 3.63) is 29.4 Å². The number of anilines is 1. The number of halogens is 1. The Labute approximate surface area is 423 Å². The highest BCUT2D eigenvalue weighted by Gasteiger charge is 2.56. The van der Waals surface area contributed by atoms with Crippen LogP contribution in [-0.2, 0) is 44.8 Å². The van der Waals surface area contributed by atoms with Crippen LogP contribution < -0.4 is 11.1 Å². The topological polar surface area (TPSA) is 237 Å². The van der Waals surface area contributed by atoms with Crippen LogP contribution in [-0.4, -0.2) is 128 Å². The lowest BCUT2D eigenvalue weighted by atomic mass is 9.65. The molecule has 0 radical (unpaired) electrons. The summed E-state index contributed by atoms with van der Waals surface area (Å²) in [6.45, 7) is 19.0. The molecule has 396 valence electrons. The third-order valence-corrected chi connectivity index (χ3v) is 15.8. The number of fused-ring (bicyclic) bond motifs is 5. The molecule has 19 heteroatoms. The molecule has 5 rings (SSSR count). The number of thiazole rings is 1. The molecule has 1 saturated carbocycles. The van der Waals surface area contributed by atoms with Crippen LogP contribution in [0.5, 0.6) is 0 Å². The van der Waals surface area contributed by atoms with Gasteiger partial charge in [0.25, 0.3) is 5.67 Å². The molecule has 2 saturated heterocycles. The van der Waals surface area contributed by atoms with E-state index >= 15 is 4.39 Å². The quantitative estimate of drug-likeness (QED) is 0.0866. The van der Waals surface area contributed by atoms with Gasteiger partial charge in [0, 0.05) is 47.2 Å². The Bertz CT molecular complexity index is 2220. The first kappa shape index (κ1) is 57.8. The maximum atomic E-state index is 17.1. The number of pyridine rings is 1. The number of hydrogen-bond donors (Lipinski definition) is 4. The number of hydrogen-bond acceptors (Lipinski definition) is 16. The predicted molar refractivity (Wildman–Crippen MR) is 271 cm³/mol. The fraction of sp³-hybridized carbons (Fsp3) is 0.731. The first-order valence-electron chi connectivity index (χ1n) is 25.3. The molecule has 5 N–H and O–H groups in total. The number of nitrogens with two attached hydrogens (primary N) is 1. The van der Waals surface area contributed by atoms with E-state index in [0.717, 1.165) is 12.5 Å². The highest BCUT2D eigenvalue weighted by atomic mass is 32.1. The number of ketones is 1. The average molecular weight is 1010 g/mol. The van der Waals surface area contributed by atoms with Crippen LogP contribution in [0.15, 0.2) is 33.9 Å². The number of likely N-dealkylation sites (N-methyl/N-ethyl adjacent to an activating group) is 1. The number of aromatic nitrogens is 2. The Morgan fingerprint density at radius 2 is 1.80 bits per heavy atom. The molecule has 2 aromatic heterocycles. The maximum absolute atomic E-state index is 17.1. The summed E-state index contributed by atoms with van der Waals surface area (Å²) in [5.41, 5.74) is 2.49. The van der Waals surface area contributed by atoms with Crippen LogP contribution in [0.3, 0.4) is 0 Å². The lowest BCUT2D eigenvalue weighted by Gasteiger charge is -2.48. The van der Waals surface area contributed by atoms with Crippen molar-refractivity contribution in [2.24, 2.45) is 50.9 Å². The van der Waals surface area contributed by atoms with Crippen LogP contribution in [0.4, 0.5) is 10.2 Å². The standard InChI is InChI=1S/C52H80FN7O10S/c1-14-39-52(11,66)36-19-18-34(59-67-26-35-17-16-33(25-55-35)47-57-40(27-71-47)56-46(64)37(54)22-28(3)4)20-21-50(9,24-29(5)42(31(36)7)58-41(61)15-2)45(32(8)44(63)51(10,53)49(65)69-39)70-48-43(62)38(60(12)13)23-30(6)68-48/h16-17,25,27-32,36-39,43,45,48,62,66H,14-15,18-24,26,54H2,1-13H3,(H,56,64)/b58-42?,59-34+/t29-,30-,31-,32+,36-,37+,38+,39-,43-,45-,48+,50-,51+,52+/m1/s1. The van der Waals surface area contributed by atoms with Gasteiger partial charge in [-0.1, -0.05) is 60.5 Å². The minimum atomic E-state index is -3.15. The molecule has 0 aromatic carbocycles. The van der Waals surface area contributed by atoms with Gasteiger partial charge in [0.2, 0.25) is 11.8 Å². The number of carbonyl (C=O) groups excluding carboxylic acids is 4. The van der Waals surface area contributed by atoms with E-state index in [1.54, 1.807) is 38.4 Å². The van der Waals surface area contributed by atoms with Crippen LogP contribution in [0.2, 0.25) is 0 Å². The zero-order valence-electron chi connectivity index (χ0n) is 44.1. The van der Waals surface area contributed by atoms with Crippen LogP contribution >= 0.6 is 11.3 Å². The highest BCUT2D eigenvalue weighted by Crippen LogP contribution is 2.47. The average Bonchev–Trinajstić information content (AvgIpc) is 3.77. The number of rotatable bonds is 13. The molecule has 1 aliphatic carbocycles. The van der Waals surface area contributed by atoms with E-state index in [-0.39, 0.29) is 62.2 Å². The van der Waals surface area contributed by atoms with E-state index in [1.807, 2.05) is 66.6 Å². The summed E-state index contributed by atoms with van der Waals surface area (Å²) >= 11 is 1.36. The van der Waals surface area contributed by atoms with E-state index < -0.39 is 82.8 Å². The zero-order chi connectivity index (χ0) is 52.7. The summed E-state index contributed by atoms with van der Waals surface area (Å²) in [5, 5.41) is 34.4. The number of alkyl halides is 1. The number of amides is 2. The second-order valence-corrected chi connectivity index (χ2v) is 22.4. The van der Waals surface area contributed by atoms with E-state index in [4.69, 9.17) is 34.9 Å². The predicted octanol–water partition coefficient (Wildman–Crippen LogP) is 7.46. The first-order valence-corrected chi connectivity index (χ1v) is 26.2. The number of aliphatic hydroxyl groups excluding tert-OH is 1. The molecule has 3 fully saturated rings. The fourth-order valence-corrected chi connectivity index (χ4v) is 11.6. The summed E-state index contributed by atoms with van der Waals surface area (Å²) in [5.74, 6) is -5.55. The Morgan fingerprint density at radius 3 is 2.42 bits per heavy atom.